The monoisotopic (exact) mass is 263 g/mol. The first-order valence-electron chi connectivity index (χ1n) is 7.16. The van der Waals surface area contributed by atoms with Crippen molar-refractivity contribution in [2.75, 3.05) is 0 Å². The Bertz CT molecular complexity index is 739. The fraction of sp³-hybridized carbons (Fsp3) is 0.222. The quantitative estimate of drug-likeness (QED) is 0.703. The number of aromatic hydroxyl groups is 1. The third-order valence-corrected chi connectivity index (χ3v) is 4.39. The number of aromatic nitrogens is 1. The average Bonchev–Trinajstić information content (AvgIpc) is 2.90. The van der Waals surface area contributed by atoms with E-state index in [-0.39, 0.29) is 0 Å². The maximum Gasteiger partial charge on any atom is 0.115 e. The number of aryl methyl sites for hydroxylation is 1. The van der Waals surface area contributed by atoms with Gasteiger partial charge in [-0.3, -0.25) is 0 Å². The topological polar surface area (TPSA) is 25.2 Å². The number of hydrogen-bond acceptors (Lipinski definition) is 1. The molecule has 0 spiro atoms. The van der Waals surface area contributed by atoms with Crippen LogP contribution in [0.25, 0.3) is 10.8 Å². The Balaban J connectivity index is 1.69. The molecule has 0 saturated carbocycles. The van der Waals surface area contributed by atoms with Crippen molar-refractivity contribution in [1.82, 2.24) is 4.57 Å². The lowest BCUT2D eigenvalue weighted by atomic mass is 9.88. The van der Waals surface area contributed by atoms with Crippen LogP contribution < -0.4 is 0 Å². The highest BCUT2D eigenvalue weighted by Crippen LogP contribution is 2.32. The third kappa shape index (κ3) is 1.88. The van der Waals surface area contributed by atoms with Crippen LogP contribution >= 0.6 is 0 Å². The second kappa shape index (κ2) is 4.41. The third-order valence-electron chi connectivity index (χ3n) is 4.39. The minimum atomic E-state index is 0.383. The molecule has 0 fully saturated rings. The van der Waals surface area contributed by atoms with Crippen LogP contribution in [-0.2, 0) is 12.8 Å². The van der Waals surface area contributed by atoms with Gasteiger partial charge in [0.05, 0.1) is 0 Å². The number of fused-ring (bicyclic) bond motifs is 2. The lowest BCUT2D eigenvalue weighted by Gasteiger charge is -2.26. The molecule has 2 aromatic carbocycles. The first-order chi connectivity index (χ1) is 9.79. The molecule has 1 aromatic heterocycles. The number of rotatable bonds is 1. The predicted octanol–water partition coefficient (Wildman–Crippen LogP) is 4.08. The molecule has 0 aliphatic heterocycles. The predicted molar refractivity (Wildman–Crippen MR) is 81.1 cm³/mol. The van der Waals surface area contributed by atoms with E-state index in [0.717, 1.165) is 19.3 Å². The van der Waals surface area contributed by atoms with E-state index >= 15 is 0 Å². The Hall–Kier alpha value is -2.22. The van der Waals surface area contributed by atoms with E-state index in [0.29, 0.717) is 11.8 Å². The summed E-state index contributed by atoms with van der Waals surface area (Å²) in [6.45, 7) is 0. The molecule has 1 aliphatic rings. The normalized spacial score (nSPS) is 18.1. The van der Waals surface area contributed by atoms with Gasteiger partial charge in [-0.25, -0.2) is 0 Å². The first kappa shape index (κ1) is 11.6. The highest BCUT2D eigenvalue weighted by molar-refractivity contribution is 5.82. The Morgan fingerprint density at radius 3 is 2.45 bits per heavy atom. The van der Waals surface area contributed by atoms with Crippen molar-refractivity contribution < 1.29 is 5.11 Å². The second-order valence-electron chi connectivity index (χ2n) is 5.68. The minimum Gasteiger partial charge on any atom is -0.508 e. The second-order valence-corrected chi connectivity index (χ2v) is 5.68. The fourth-order valence-electron chi connectivity index (χ4n) is 3.29. The van der Waals surface area contributed by atoms with Gasteiger partial charge < -0.3 is 9.67 Å². The summed E-state index contributed by atoms with van der Waals surface area (Å²) in [4.78, 5) is 0. The van der Waals surface area contributed by atoms with Gasteiger partial charge in [-0.15, -0.1) is 0 Å². The fourth-order valence-corrected chi connectivity index (χ4v) is 3.29. The number of nitrogens with zero attached hydrogens (tertiary/aromatic N) is 1. The van der Waals surface area contributed by atoms with Gasteiger partial charge in [0.1, 0.15) is 5.75 Å². The molecule has 20 heavy (non-hydrogen) atoms. The Morgan fingerprint density at radius 2 is 1.70 bits per heavy atom. The van der Waals surface area contributed by atoms with E-state index in [1.54, 1.807) is 6.07 Å². The van der Waals surface area contributed by atoms with Crippen LogP contribution in [-0.4, -0.2) is 9.67 Å². The van der Waals surface area contributed by atoms with E-state index in [4.69, 9.17) is 0 Å². The van der Waals surface area contributed by atoms with Gasteiger partial charge in [-0.05, 0) is 53.3 Å². The van der Waals surface area contributed by atoms with Gasteiger partial charge in [0.25, 0.3) is 0 Å². The first-order valence-corrected chi connectivity index (χ1v) is 7.16. The van der Waals surface area contributed by atoms with Crippen molar-refractivity contribution in [1.29, 1.82) is 0 Å². The Kier molecular flexibility index (Phi) is 2.56. The summed E-state index contributed by atoms with van der Waals surface area (Å²) in [5.74, 6) is 0.383. The summed E-state index contributed by atoms with van der Waals surface area (Å²) < 4.78 is 2.36. The molecule has 1 N–H and O–H groups in total. The van der Waals surface area contributed by atoms with Gasteiger partial charge in [-0.2, -0.15) is 0 Å². The van der Waals surface area contributed by atoms with Gasteiger partial charge >= 0.3 is 0 Å². The molecule has 1 heterocycles. The summed E-state index contributed by atoms with van der Waals surface area (Å²) in [6, 6.07) is 14.8. The van der Waals surface area contributed by atoms with E-state index in [9.17, 15) is 5.11 Å². The van der Waals surface area contributed by atoms with E-state index < -0.39 is 0 Å². The average molecular weight is 263 g/mol. The van der Waals surface area contributed by atoms with Crippen LogP contribution in [0.5, 0.6) is 5.75 Å². The standard InChI is InChI=1S/C18H17NO/c20-18-8-6-13-9-17(7-5-14(13)10-18)19-11-15-3-1-2-4-16(15)12-19/h1-4,6,8,10-12,17,20H,5,7,9H2. The van der Waals surface area contributed by atoms with Crippen LogP contribution in [0.1, 0.15) is 23.6 Å². The molecular weight excluding hydrogens is 246 g/mol. The van der Waals surface area contributed by atoms with E-state index in [1.807, 2.05) is 6.07 Å². The van der Waals surface area contributed by atoms with Crippen molar-refractivity contribution >= 4 is 10.8 Å². The summed E-state index contributed by atoms with van der Waals surface area (Å²) in [7, 11) is 0. The molecule has 3 aromatic rings. The molecule has 1 aliphatic carbocycles. The van der Waals surface area contributed by atoms with Crippen molar-refractivity contribution in [2.45, 2.75) is 25.3 Å². The molecule has 0 saturated heterocycles. The number of hydrogen-bond donors (Lipinski definition) is 1. The Morgan fingerprint density at radius 1 is 0.950 bits per heavy atom. The van der Waals surface area contributed by atoms with Gasteiger partial charge in [0.15, 0.2) is 0 Å². The molecule has 4 rings (SSSR count). The lowest BCUT2D eigenvalue weighted by molar-refractivity contribution is 0.439. The summed E-state index contributed by atoms with van der Waals surface area (Å²) in [6.07, 6.45) is 7.74. The van der Waals surface area contributed by atoms with Crippen LogP contribution in [0, 0.1) is 0 Å². The smallest absolute Gasteiger partial charge is 0.115 e. The van der Waals surface area contributed by atoms with Gasteiger partial charge in [0, 0.05) is 18.4 Å². The van der Waals surface area contributed by atoms with Crippen LogP contribution in [0.3, 0.4) is 0 Å². The van der Waals surface area contributed by atoms with Crippen molar-refractivity contribution in [3.05, 3.63) is 66.0 Å². The van der Waals surface area contributed by atoms with Gasteiger partial charge in [0.2, 0.25) is 0 Å². The maximum absolute atomic E-state index is 9.56. The van der Waals surface area contributed by atoms with Crippen LogP contribution in [0.4, 0.5) is 0 Å². The summed E-state index contributed by atoms with van der Waals surface area (Å²) in [5, 5.41) is 12.2. The number of phenolic OH excluding ortho intramolecular Hbond substituents is 1. The molecule has 2 heteroatoms. The van der Waals surface area contributed by atoms with Gasteiger partial charge in [-0.1, -0.05) is 30.3 Å². The van der Waals surface area contributed by atoms with E-state index in [2.05, 4.69) is 47.3 Å². The zero-order chi connectivity index (χ0) is 13.5. The number of benzene rings is 2. The van der Waals surface area contributed by atoms with Crippen LogP contribution in [0.15, 0.2) is 54.9 Å². The highest BCUT2D eigenvalue weighted by Gasteiger charge is 2.20. The molecule has 1 atom stereocenters. The summed E-state index contributed by atoms with van der Waals surface area (Å²) in [5.41, 5.74) is 2.68. The Labute approximate surface area is 118 Å². The zero-order valence-electron chi connectivity index (χ0n) is 11.3. The lowest BCUT2D eigenvalue weighted by Crippen LogP contribution is -2.17. The highest BCUT2D eigenvalue weighted by atomic mass is 16.3. The van der Waals surface area contributed by atoms with Crippen molar-refractivity contribution in [3.8, 4) is 5.75 Å². The molecule has 0 bridgehead atoms. The maximum atomic E-state index is 9.56. The molecule has 100 valence electrons. The summed E-state index contributed by atoms with van der Waals surface area (Å²) >= 11 is 0. The molecule has 1 unspecified atom stereocenters. The van der Waals surface area contributed by atoms with Crippen LogP contribution in [0.2, 0.25) is 0 Å². The SMILES string of the molecule is Oc1ccc2c(c1)CCC(n1cc3ccccc3c1)C2. The minimum absolute atomic E-state index is 0.383. The molecule has 0 amide bonds. The van der Waals surface area contributed by atoms with Crippen molar-refractivity contribution in [2.24, 2.45) is 0 Å². The van der Waals surface area contributed by atoms with Crippen molar-refractivity contribution in [3.63, 3.8) is 0 Å². The number of phenols is 1. The van der Waals surface area contributed by atoms with E-state index in [1.165, 1.54) is 21.9 Å². The largest absolute Gasteiger partial charge is 0.508 e. The molecular formula is C18H17NO. The molecule has 0 radical (unpaired) electrons. The molecule has 2 nitrogen and oxygen atoms in total. The zero-order valence-corrected chi connectivity index (χ0v) is 11.3.